The van der Waals surface area contributed by atoms with Crippen LogP contribution in [0, 0.1) is 5.41 Å². The fourth-order valence-corrected chi connectivity index (χ4v) is 11.1. The number of hydrogen-bond acceptors (Lipinski definition) is 0. The van der Waals surface area contributed by atoms with Crippen molar-refractivity contribution in [3.8, 4) is 0 Å². The summed E-state index contributed by atoms with van der Waals surface area (Å²) >= 11 is 0.998. The molecule has 0 atom stereocenters. The topological polar surface area (TPSA) is 0 Å². The first-order chi connectivity index (χ1) is 9.55. The van der Waals surface area contributed by atoms with Crippen molar-refractivity contribution in [3.63, 3.8) is 0 Å². The Balaban J connectivity index is 2.16. The number of rotatable bonds is 4. The van der Waals surface area contributed by atoms with Gasteiger partial charge in [-0.15, -0.1) is 0 Å². The minimum absolute atomic E-state index is 0.300. The molecule has 0 aliphatic rings. The molecule has 2 aromatic carbocycles. The summed E-state index contributed by atoms with van der Waals surface area (Å²) in [7, 11) is 0. The second-order valence-corrected chi connectivity index (χ2v) is 12.5. The Hall–Kier alpha value is -0.351. The van der Waals surface area contributed by atoms with Gasteiger partial charge in [0.25, 0.3) is 0 Å². The minimum atomic E-state index is 0.300. The van der Waals surface area contributed by atoms with Crippen LogP contribution in [0.15, 0.2) is 60.7 Å². The van der Waals surface area contributed by atoms with Gasteiger partial charge in [0.1, 0.15) is 0 Å². The monoisotopic (exact) mass is 414 g/mol. The SMILES string of the molecule is CC(C)(C)C(=P[Se]c1ccccc1)[Se]c1ccccc1. The zero-order valence-electron chi connectivity index (χ0n) is 12.0. The van der Waals surface area contributed by atoms with E-state index in [4.69, 9.17) is 0 Å². The first kappa shape index (κ1) is 16.0. The van der Waals surface area contributed by atoms with Crippen LogP contribution in [-0.2, 0) is 0 Å². The number of benzene rings is 2. The molecular formula is C17H19PSe2. The van der Waals surface area contributed by atoms with Crippen LogP contribution in [0.5, 0.6) is 0 Å². The Morgan fingerprint density at radius 3 is 1.80 bits per heavy atom. The zero-order valence-corrected chi connectivity index (χ0v) is 16.4. The molecule has 0 amide bonds. The summed E-state index contributed by atoms with van der Waals surface area (Å²) in [5.74, 6) is 0. The molecule has 20 heavy (non-hydrogen) atoms. The average Bonchev–Trinajstić information content (AvgIpc) is 2.44. The molecular weight excluding hydrogens is 393 g/mol. The van der Waals surface area contributed by atoms with Crippen molar-refractivity contribution in [2.75, 3.05) is 0 Å². The first-order valence-electron chi connectivity index (χ1n) is 6.59. The fourth-order valence-electron chi connectivity index (χ4n) is 1.48. The summed E-state index contributed by atoms with van der Waals surface area (Å²) in [5, 5.41) is 0. The van der Waals surface area contributed by atoms with Crippen LogP contribution in [0.4, 0.5) is 0 Å². The van der Waals surface area contributed by atoms with Crippen molar-refractivity contribution in [3.05, 3.63) is 60.7 Å². The van der Waals surface area contributed by atoms with Crippen LogP contribution in [0.2, 0.25) is 0 Å². The molecule has 0 bridgehead atoms. The standard InChI is InChI=1S/C17H19PSe2/c1-17(2,3)16(19-14-10-6-4-7-11-14)18-20-15-12-8-5-9-13-15/h4-13H,1-3H3. The summed E-state index contributed by atoms with van der Waals surface area (Å²) in [6.07, 6.45) is 0. The predicted molar refractivity (Wildman–Crippen MR) is 95.0 cm³/mol. The summed E-state index contributed by atoms with van der Waals surface area (Å²) in [6, 6.07) is 21.8. The van der Waals surface area contributed by atoms with E-state index in [1.165, 1.54) is 15.8 Å². The van der Waals surface area contributed by atoms with E-state index in [0.717, 1.165) is 0 Å². The van der Waals surface area contributed by atoms with Gasteiger partial charge in [-0.25, -0.2) is 0 Å². The fraction of sp³-hybridized carbons (Fsp3) is 0.235. The van der Waals surface area contributed by atoms with Gasteiger partial charge >= 0.3 is 136 Å². The maximum atomic E-state index is 2.35. The molecule has 0 saturated carbocycles. The first-order valence-corrected chi connectivity index (χ1v) is 12.3. The van der Waals surface area contributed by atoms with Gasteiger partial charge in [0.2, 0.25) is 0 Å². The maximum absolute atomic E-state index is 2.35. The quantitative estimate of drug-likeness (QED) is 0.535. The van der Waals surface area contributed by atoms with E-state index in [-0.39, 0.29) is 0 Å². The van der Waals surface area contributed by atoms with Crippen LogP contribution >= 0.6 is 6.89 Å². The zero-order chi connectivity index (χ0) is 14.4. The molecule has 0 aromatic heterocycles. The van der Waals surface area contributed by atoms with Gasteiger partial charge in [-0.2, -0.15) is 0 Å². The van der Waals surface area contributed by atoms with Crippen LogP contribution in [0.1, 0.15) is 20.8 Å². The molecule has 3 heteroatoms. The molecule has 0 N–H and O–H groups in total. The molecule has 0 heterocycles. The molecule has 2 rings (SSSR count). The van der Waals surface area contributed by atoms with Crippen LogP contribution in [0.25, 0.3) is 0 Å². The Kier molecular flexibility index (Phi) is 6.09. The van der Waals surface area contributed by atoms with Gasteiger partial charge in [-0.1, -0.05) is 0 Å². The molecule has 0 aliphatic heterocycles. The molecule has 104 valence electrons. The number of hydrogen-bond donors (Lipinski definition) is 0. The Morgan fingerprint density at radius 1 is 0.800 bits per heavy atom. The van der Waals surface area contributed by atoms with Crippen molar-refractivity contribution in [1.29, 1.82) is 0 Å². The van der Waals surface area contributed by atoms with Crippen molar-refractivity contribution in [2.24, 2.45) is 5.41 Å². The molecule has 0 saturated heterocycles. The molecule has 0 spiro atoms. The molecule has 0 unspecified atom stereocenters. The molecule has 0 nitrogen and oxygen atoms in total. The van der Waals surface area contributed by atoms with Crippen molar-refractivity contribution in [2.45, 2.75) is 20.8 Å². The Bertz CT molecular complexity index is 557. The van der Waals surface area contributed by atoms with E-state index in [9.17, 15) is 0 Å². The third-order valence-corrected chi connectivity index (χ3v) is 12.9. The third-order valence-electron chi connectivity index (χ3n) is 2.58. The van der Waals surface area contributed by atoms with Crippen molar-refractivity contribution < 1.29 is 0 Å². The van der Waals surface area contributed by atoms with Crippen molar-refractivity contribution in [1.82, 2.24) is 0 Å². The molecule has 0 radical (unpaired) electrons. The van der Waals surface area contributed by atoms with Gasteiger partial charge in [0, 0.05) is 0 Å². The second kappa shape index (κ2) is 7.60. The van der Waals surface area contributed by atoms with Gasteiger partial charge in [0.05, 0.1) is 0 Å². The van der Waals surface area contributed by atoms with Gasteiger partial charge in [0.15, 0.2) is 0 Å². The van der Waals surface area contributed by atoms with E-state index in [0.29, 0.717) is 34.9 Å². The molecule has 0 aliphatic carbocycles. The second-order valence-electron chi connectivity index (χ2n) is 5.47. The van der Waals surface area contributed by atoms with E-state index in [2.05, 4.69) is 81.4 Å². The van der Waals surface area contributed by atoms with E-state index in [1.54, 1.807) is 4.19 Å². The summed E-state index contributed by atoms with van der Waals surface area (Å²) < 4.78 is 4.67. The Morgan fingerprint density at radius 2 is 1.30 bits per heavy atom. The predicted octanol–water partition coefficient (Wildman–Crippen LogP) is 3.08. The van der Waals surface area contributed by atoms with Gasteiger partial charge in [-0.05, 0) is 0 Å². The van der Waals surface area contributed by atoms with E-state index < -0.39 is 0 Å². The van der Waals surface area contributed by atoms with Gasteiger partial charge < -0.3 is 0 Å². The van der Waals surface area contributed by atoms with Crippen LogP contribution in [0.3, 0.4) is 0 Å². The van der Waals surface area contributed by atoms with Gasteiger partial charge in [-0.3, -0.25) is 0 Å². The summed E-state index contributed by atoms with van der Waals surface area (Å²) in [5.41, 5.74) is 0.300. The molecule has 0 fully saturated rings. The summed E-state index contributed by atoms with van der Waals surface area (Å²) in [4.78, 5) is 0. The van der Waals surface area contributed by atoms with Crippen LogP contribution in [-0.4, -0.2) is 33.7 Å². The van der Waals surface area contributed by atoms with E-state index >= 15 is 0 Å². The summed E-state index contributed by atoms with van der Waals surface area (Å²) in [6.45, 7) is 8.58. The normalized spacial score (nSPS) is 12.4. The van der Waals surface area contributed by atoms with Crippen LogP contribution < -0.4 is 8.92 Å². The molecule has 2 aromatic rings. The average molecular weight is 412 g/mol. The van der Waals surface area contributed by atoms with Crippen molar-refractivity contribution >= 4 is 49.5 Å². The Labute approximate surface area is 136 Å². The van der Waals surface area contributed by atoms with E-state index in [1.807, 2.05) is 0 Å². The third kappa shape index (κ3) is 5.21.